The van der Waals surface area contributed by atoms with Gasteiger partial charge in [-0.2, -0.15) is 0 Å². The SMILES string of the molecule is CCNC(=NCCN1CCN(c2ncccn2)CC1)N1CC(C)CC(C)C1.I. The summed E-state index contributed by atoms with van der Waals surface area (Å²) in [5.41, 5.74) is 0. The lowest BCUT2D eigenvalue weighted by Gasteiger charge is -2.37. The zero-order valence-electron chi connectivity index (χ0n) is 17.5. The summed E-state index contributed by atoms with van der Waals surface area (Å²) in [6.45, 7) is 15.9. The molecule has 0 aromatic carbocycles. The van der Waals surface area contributed by atoms with Crippen LogP contribution in [0.25, 0.3) is 0 Å². The molecule has 7 nitrogen and oxygen atoms in total. The molecular formula is C20H36IN7. The summed E-state index contributed by atoms with van der Waals surface area (Å²) in [5.74, 6) is 3.42. The lowest BCUT2D eigenvalue weighted by molar-refractivity contribution is 0.208. The van der Waals surface area contributed by atoms with Crippen LogP contribution in [0.3, 0.4) is 0 Å². The molecule has 2 saturated heterocycles. The second-order valence-electron chi connectivity index (χ2n) is 7.96. The molecule has 158 valence electrons. The van der Waals surface area contributed by atoms with Crippen molar-refractivity contribution in [2.24, 2.45) is 16.8 Å². The molecule has 2 fully saturated rings. The Morgan fingerprint density at radius 3 is 2.36 bits per heavy atom. The average molecular weight is 501 g/mol. The highest BCUT2D eigenvalue weighted by Gasteiger charge is 2.24. The van der Waals surface area contributed by atoms with Gasteiger partial charge < -0.3 is 15.1 Å². The molecule has 0 bridgehead atoms. The first kappa shape index (κ1) is 23.1. The number of nitrogens with one attached hydrogen (secondary N) is 1. The summed E-state index contributed by atoms with van der Waals surface area (Å²) < 4.78 is 0. The van der Waals surface area contributed by atoms with E-state index >= 15 is 0 Å². The quantitative estimate of drug-likeness (QED) is 0.379. The van der Waals surface area contributed by atoms with E-state index in [0.29, 0.717) is 0 Å². The van der Waals surface area contributed by atoms with E-state index in [1.54, 1.807) is 0 Å². The van der Waals surface area contributed by atoms with Crippen LogP contribution in [0.1, 0.15) is 27.2 Å². The topological polar surface area (TPSA) is 59.9 Å². The molecule has 0 aliphatic carbocycles. The van der Waals surface area contributed by atoms with Gasteiger partial charge in [0, 0.05) is 64.8 Å². The molecule has 3 heterocycles. The lowest BCUT2D eigenvalue weighted by Crippen LogP contribution is -2.49. The van der Waals surface area contributed by atoms with Gasteiger partial charge in [0.1, 0.15) is 0 Å². The minimum Gasteiger partial charge on any atom is -0.357 e. The highest BCUT2D eigenvalue weighted by molar-refractivity contribution is 14.0. The van der Waals surface area contributed by atoms with E-state index in [4.69, 9.17) is 4.99 Å². The monoisotopic (exact) mass is 501 g/mol. The third-order valence-electron chi connectivity index (χ3n) is 5.39. The summed E-state index contributed by atoms with van der Waals surface area (Å²) in [6, 6.07) is 1.86. The van der Waals surface area contributed by atoms with Crippen LogP contribution in [-0.4, -0.2) is 84.6 Å². The van der Waals surface area contributed by atoms with Crippen LogP contribution < -0.4 is 10.2 Å². The van der Waals surface area contributed by atoms with Gasteiger partial charge in [-0.05, 0) is 31.2 Å². The van der Waals surface area contributed by atoms with Gasteiger partial charge in [0.25, 0.3) is 0 Å². The van der Waals surface area contributed by atoms with Crippen molar-refractivity contribution in [3.05, 3.63) is 18.5 Å². The van der Waals surface area contributed by atoms with Crippen molar-refractivity contribution >= 4 is 35.9 Å². The molecule has 1 N–H and O–H groups in total. The van der Waals surface area contributed by atoms with Gasteiger partial charge in [-0.25, -0.2) is 9.97 Å². The Hall–Kier alpha value is -1.16. The van der Waals surface area contributed by atoms with Gasteiger partial charge in [-0.15, -0.1) is 24.0 Å². The number of guanidine groups is 1. The van der Waals surface area contributed by atoms with Gasteiger partial charge in [0.05, 0.1) is 6.54 Å². The molecule has 2 unspecified atom stereocenters. The summed E-state index contributed by atoms with van der Waals surface area (Å²) in [7, 11) is 0. The fraction of sp³-hybridized carbons (Fsp3) is 0.750. The number of nitrogens with zero attached hydrogens (tertiary/aromatic N) is 6. The maximum absolute atomic E-state index is 4.93. The first-order valence-electron chi connectivity index (χ1n) is 10.4. The number of piperidine rings is 1. The third-order valence-corrected chi connectivity index (χ3v) is 5.39. The van der Waals surface area contributed by atoms with Crippen LogP contribution in [0.15, 0.2) is 23.5 Å². The van der Waals surface area contributed by atoms with Gasteiger partial charge in [-0.3, -0.25) is 9.89 Å². The normalized spacial score (nSPS) is 24.0. The van der Waals surface area contributed by atoms with E-state index in [9.17, 15) is 0 Å². The molecule has 28 heavy (non-hydrogen) atoms. The number of halogens is 1. The molecule has 2 aliphatic rings. The third kappa shape index (κ3) is 6.72. The van der Waals surface area contributed by atoms with Crippen LogP contribution in [-0.2, 0) is 0 Å². The number of likely N-dealkylation sites (tertiary alicyclic amines) is 1. The maximum Gasteiger partial charge on any atom is 0.225 e. The fourth-order valence-corrected chi connectivity index (χ4v) is 4.19. The Bertz CT molecular complexity index is 579. The molecular weight excluding hydrogens is 465 g/mol. The van der Waals surface area contributed by atoms with Crippen molar-refractivity contribution in [2.45, 2.75) is 27.2 Å². The van der Waals surface area contributed by atoms with Gasteiger partial charge in [0.2, 0.25) is 5.95 Å². The minimum absolute atomic E-state index is 0. The summed E-state index contributed by atoms with van der Waals surface area (Å²) >= 11 is 0. The molecule has 0 spiro atoms. The Balaban J connectivity index is 0.00000280. The molecule has 8 heteroatoms. The van der Waals surface area contributed by atoms with Crippen molar-refractivity contribution < 1.29 is 0 Å². The second-order valence-corrected chi connectivity index (χ2v) is 7.96. The Morgan fingerprint density at radius 2 is 1.75 bits per heavy atom. The van der Waals surface area contributed by atoms with Crippen LogP contribution >= 0.6 is 24.0 Å². The van der Waals surface area contributed by atoms with Crippen molar-refractivity contribution in [3.8, 4) is 0 Å². The number of hydrogen-bond donors (Lipinski definition) is 1. The summed E-state index contributed by atoms with van der Waals surface area (Å²) in [4.78, 5) is 20.9. The minimum atomic E-state index is 0. The van der Waals surface area contributed by atoms with E-state index in [2.05, 4.69) is 50.8 Å². The average Bonchev–Trinajstić information content (AvgIpc) is 2.68. The van der Waals surface area contributed by atoms with Crippen LogP contribution in [0, 0.1) is 11.8 Å². The molecule has 0 amide bonds. The van der Waals surface area contributed by atoms with Crippen molar-refractivity contribution in [1.29, 1.82) is 0 Å². The predicted molar refractivity (Wildman–Crippen MR) is 127 cm³/mol. The molecule has 1 aromatic heterocycles. The molecule has 0 saturated carbocycles. The molecule has 3 rings (SSSR count). The smallest absolute Gasteiger partial charge is 0.225 e. The van der Waals surface area contributed by atoms with Crippen molar-refractivity contribution in [3.63, 3.8) is 0 Å². The van der Waals surface area contributed by atoms with Gasteiger partial charge >= 0.3 is 0 Å². The zero-order chi connectivity index (χ0) is 19.1. The van der Waals surface area contributed by atoms with Crippen molar-refractivity contribution in [2.75, 3.05) is 63.8 Å². The van der Waals surface area contributed by atoms with Crippen LogP contribution in [0.2, 0.25) is 0 Å². The number of aliphatic imine (C=N–C) groups is 1. The van der Waals surface area contributed by atoms with Crippen LogP contribution in [0.4, 0.5) is 5.95 Å². The van der Waals surface area contributed by atoms with E-state index in [1.165, 1.54) is 6.42 Å². The second kappa shape index (κ2) is 11.7. The highest BCUT2D eigenvalue weighted by atomic mass is 127. The lowest BCUT2D eigenvalue weighted by atomic mass is 9.92. The van der Waals surface area contributed by atoms with Gasteiger partial charge in [0.15, 0.2) is 5.96 Å². The first-order chi connectivity index (χ1) is 13.2. The zero-order valence-corrected chi connectivity index (χ0v) is 19.9. The molecule has 2 atom stereocenters. The number of piperazine rings is 1. The standard InChI is InChI=1S/C20H35N7.HI/c1-4-21-19(27-15-17(2)14-18(3)16-27)24-8-9-25-10-12-26(13-11-25)20-22-6-5-7-23-20;/h5-7,17-18H,4,8-16H2,1-3H3,(H,21,24);1H. The molecule has 2 aliphatic heterocycles. The molecule has 0 radical (unpaired) electrons. The summed E-state index contributed by atoms with van der Waals surface area (Å²) in [6.07, 6.45) is 4.95. The predicted octanol–water partition coefficient (Wildman–Crippen LogP) is 2.16. The Morgan fingerprint density at radius 1 is 1.11 bits per heavy atom. The van der Waals surface area contributed by atoms with E-state index in [1.807, 2.05) is 18.5 Å². The maximum atomic E-state index is 4.93. The number of aromatic nitrogens is 2. The van der Waals surface area contributed by atoms with Crippen LogP contribution in [0.5, 0.6) is 0 Å². The number of anilines is 1. The highest BCUT2D eigenvalue weighted by Crippen LogP contribution is 2.20. The first-order valence-corrected chi connectivity index (χ1v) is 10.4. The number of hydrogen-bond acceptors (Lipinski definition) is 5. The largest absolute Gasteiger partial charge is 0.357 e. The van der Waals surface area contributed by atoms with E-state index in [0.717, 1.165) is 82.6 Å². The number of rotatable bonds is 5. The Labute approximate surface area is 187 Å². The fourth-order valence-electron chi connectivity index (χ4n) is 4.19. The summed E-state index contributed by atoms with van der Waals surface area (Å²) in [5, 5.41) is 3.49. The Kier molecular flexibility index (Phi) is 9.70. The van der Waals surface area contributed by atoms with Gasteiger partial charge in [-0.1, -0.05) is 13.8 Å². The van der Waals surface area contributed by atoms with E-state index < -0.39 is 0 Å². The molecule has 1 aromatic rings. The van der Waals surface area contributed by atoms with Crippen molar-refractivity contribution in [1.82, 2.24) is 25.1 Å². The van der Waals surface area contributed by atoms with E-state index in [-0.39, 0.29) is 24.0 Å².